The standard InChI is InChI=1S/C9H14N2O/c1-7-5-10-11(6-7)8(2)4-9(3)12/h5-6,8H,4H2,1-3H3. The molecule has 0 saturated carbocycles. The van der Waals surface area contributed by atoms with Gasteiger partial charge in [-0.3, -0.25) is 9.48 Å². The number of carbonyl (C=O) groups is 1. The van der Waals surface area contributed by atoms with Crippen molar-refractivity contribution in [3.63, 3.8) is 0 Å². The van der Waals surface area contributed by atoms with Crippen LogP contribution in [0.4, 0.5) is 0 Å². The van der Waals surface area contributed by atoms with Gasteiger partial charge in [0.05, 0.1) is 12.2 Å². The molecule has 1 aromatic heterocycles. The second-order valence-electron chi connectivity index (χ2n) is 3.25. The van der Waals surface area contributed by atoms with E-state index in [4.69, 9.17) is 0 Å². The van der Waals surface area contributed by atoms with Crippen LogP contribution in [0.2, 0.25) is 0 Å². The van der Waals surface area contributed by atoms with Crippen LogP contribution < -0.4 is 0 Å². The largest absolute Gasteiger partial charge is 0.300 e. The number of Topliss-reactive ketones (excluding diaryl/α,β-unsaturated/α-hetero) is 1. The summed E-state index contributed by atoms with van der Waals surface area (Å²) < 4.78 is 1.83. The minimum atomic E-state index is 0.177. The Morgan fingerprint density at radius 3 is 2.83 bits per heavy atom. The molecule has 12 heavy (non-hydrogen) atoms. The SMILES string of the molecule is CC(=O)CC(C)n1cc(C)cn1. The fourth-order valence-electron chi connectivity index (χ4n) is 1.18. The lowest BCUT2D eigenvalue weighted by Crippen LogP contribution is -2.09. The number of ketones is 1. The van der Waals surface area contributed by atoms with E-state index in [0.29, 0.717) is 6.42 Å². The summed E-state index contributed by atoms with van der Waals surface area (Å²) in [6.07, 6.45) is 4.31. The van der Waals surface area contributed by atoms with E-state index in [1.807, 2.05) is 24.7 Å². The van der Waals surface area contributed by atoms with Gasteiger partial charge in [0.25, 0.3) is 0 Å². The molecular weight excluding hydrogens is 152 g/mol. The third kappa shape index (κ3) is 2.19. The fraction of sp³-hybridized carbons (Fsp3) is 0.556. The molecule has 66 valence electrons. The second-order valence-corrected chi connectivity index (χ2v) is 3.25. The van der Waals surface area contributed by atoms with Crippen LogP contribution in [0.1, 0.15) is 31.9 Å². The summed E-state index contributed by atoms with van der Waals surface area (Å²) in [7, 11) is 0. The van der Waals surface area contributed by atoms with E-state index >= 15 is 0 Å². The summed E-state index contributed by atoms with van der Waals surface area (Å²) in [6, 6.07) is 0.177. The molecule has 0 saturated heterocycles. The summed E-state index contributed by atoms with van der Waals surface area (Å²) in [6.45, 7) is 5.59. The highest BCUT2D eigenvalue weighted by Gasteiger charge is 2.07. The summed E-state index contributed by atoms with van der Waals surface area (Å²) in [4.78, 5) is 10.8. The minimum Gasteiger partial charge on any atom is -0.300 e. The van der Waals surface area contributed by atoms with Crippen molar-refractivity contribution in [3.05, 3.63) is 18.0 Å². The Kier molecular flexibility index (Phi) is 2.63. The smallest absolute Gasteiger partial charge is 0.131 e. The van der Waals surface area contributed by atoms with Crippen LogP contribution in [0.5, 0.6) is 0 Å². The molecule has 1 unspecified atom stereocenters. The van der Waals surface area contributed by atoms with Crippen molar-refractivity contribution >= 4 is 5.78 Å². The predicted octanol–water partition coefficient (Wildman–Crippen LogP) is 1.73. The number of aryl methyl sites for hydroxylation is 1. The average molecular weight is 166 g/mol. The van der Waals surface area contributed by atoms with E-state index < -0.39 is 0 Å². The third-order valence-corrected chi connectivity index (χ3v) is 1.77. The van der Waals surface area contributed by atoms with Crippen molar-refractivity contribution in [3.8, 4) is 0 Å². The van der Waals surface area contributed by atoms with Gasteiger partial charge in [0.15, 0.2) is 0 Å². The molecule has 0 spiro atoms. The Morgan fingerprint density at radius 1 is 1.75 bits per heavy atom. The Morgan fingerprint density at radius 2 is 2.42 bits per heavy atom. The van der Waals surface area contributed by atoms with E-state index in [1.165, 1.54) is 0 Å². The number of hydrogen-bond acceptors (Lipinski definition) is 2. The van der Waals surface area contributed by atoms with E-state index in [0.717, 1.165) is 5.56 Å². The topological polar surface area (TPSA) is 34.9 Å². The number of rotatable bonds is 3. The molecule has 1 aromatic rings. The van der Waals surface area contributed by atoms with Crippen LogP contribution in [0, 0.1) is 6.92 Å². The Hall–Kier alpha value is -1.12. The molecule has 1 atom stereocenters. The molecule has 0 aromatic carbocycles. The van der Waals surface area contributed by atoms with Gasteiger partial charge in [-0.1, -0.05) is 0 Å². The van der Waals surface area contributed by atoms with E-state index in [1.54, 1.807) is 13.1 Å². The molecule has 0 amide bonds. The van der Waals surface area contributed by atoms with Crippen LogP contribution in [-0.2, 0) is 4.79 Å². The van der Waals surface area contributed by atoms with Crippen molar-refractivity contribution in [2.24, 2.45) is 0 Å². The molecular formula is C9H14N2O. The van der Waals surface area contributed by atoms with E-state index in [2.05, 4.69) is 5.10 Å². The average Bonchev–Trinajstić information content (AvgIpc) is 2.34. The molecule has 3 heteroatoms. The van der Waals surface area contributed by atoms with E-state index in [-0.39, 0.29) is 11.8 Å². The summed E-state index contributed by atoms with van der Waals surface area (Å²) in [5.74, 6) is 0.204. The zero-order valence-electron chi connectivity index (χ0n) is 7.74. The summed E-state index contributed by atoms with van der Waals surface area (Å²) in [5.41, 5.74) is 1.13. The molecule has 0 aliphatic heterocycles. The van der Waals surface area contributed by atoms with Gasteiger partial charge in [-0.2, -0.15) is 5.10 Å². The van der Waals surface area contributed by atoms with Gasteiger partial charge in [-0.05, 0) is 26.3 Å². The van der Waals surface area contributed by atoms with Gasteiger partial charge < -0.3 is 0 Å². The van der Waals surface area contributed by atoms with Crippen LogP contribution in [0.3, 0.4) is 0 Å². The number of aromatic nitrogens is 2. The highest BCUT2D eigenvalue weighted by Crippen LogP contribution is 2.10. The fourth-order valence-corrected chi connectivity index (χ4v) is 1.18. The maximum atomic E-state index is 10.8. The van der Waals surface area contributed by atoms with Crippen molar-refractivity contribution < 1.29 is 4.79 Å². The first kappa shape index (κ1) is 8.97. The van der Waals surface area contributed by atoms with Crippen molar-refractivity contribution in [2.45, 2.75) is 33.2 Å². The Bertz CT molecular complexity index is 278. The van der Waals surface area contributed by atoms with Gasteiger partial charge in [0.1, 0.15) is 5.78 Å². The zero-order valence-corrected chi connectivity index (χ0v) is 7.74. The molecule has 0 bridgehead atoms. The number of carbonyl (C=O) groups excluding carboxylic acids is 1. The monoisotopic (exact) mass is 166 g/mol. The maximum absolute atomic E-state index is 10.8. The van der Waals surface area contributed by atoms with Gasteiger partial charge in [0, 0.05) is 12.6 Å². The quantitative estimate of drug-likeness (QED) is 0.685. The van der Waals surface area contributed by atoms with Crippen molar-refractivity contribution in [1.29, 1.82) is 0 Å². The van der Waals surface area contributed by atoms with Gasteiger partial charge in [-0.25, -0.2) is 0 Å². The minimum absolute atomic E-state index is 0.177. The lowest BCUT2D eigenvalue weighted by Gasteiger charge is -2.08. The molecule has 0 aliphatic rings. The second kappa shape index (κ2) is 3.52. The first-order valence-corrected chi connectivity index (χ1v) is 4.10. The molecule has 0 radical (unpaired) electrons. The molecule has 0 N–H and O–H groups in total. The van der Waals surface area contributed by atoms with Crippen LogP contribution in [0.25, 0.3) is 0 Å². The first-order valence-electron chi connectivity index (χ1n) is 4.10. The molecule has 0 aliphatic carbocycles. The molecule has 1 heterocycles. The maximum Gasteiger partial charge on any atom is 0.131 e. The third-order valence-electron chi connectivity index (χ3n) is 1.77. The normalized spacial score (nSPS) is 12.9. The van der Waals surface area contributed by atoms with E-state index in [9.17, 15) is 4.79 Å². The first-order chi connectivity index (χ1) is 5.59. The molecule has 3 nitrogen and oxygen atoms in total. The van der Waals surface area contributed by atoms with Gasteiger partial charge in [0.2, 0.25) is 0 Å². The lowest BCUT2D eigenvalue weighted by atomic mass is 10.2. The molecule has 1 rings (SSSR count). The summed E-state index contributed by atoms with van der Waals surface area (Å²) >= 11 is 0. The predicted molar refractivity (Wildman–Crippen MR) is 47.0 cm³/mol. The van der Waals surface area contributed by atoms with Crippen LogP contribution >= 0.6 is 0 Å². The Balaban J connectivity index is 2.64. The van der Waals surface area contributed by atoms with Gasteiger partial charge >= 0.3 is 0 Å². The zero-order chi connectivity index (χ0) is 9.14. The highest BCUT2D eigenvalue weighted by molar-refractivity contribution is 5.75. The summed E-state index contributed by atoms with van der Waals surface area (Å²) in [5, 5.41) is 4.13. The highest BCUT2D eigenvalue weighted by atomic mass is 16.1. The Labute approximate surface area is 72.4 Å². The molecule has 0 fully saturated rings. The van der Waals surface area contributed by atoms with Crippen LogP contribution in [-0.4, -0.2) is 15.6 Å². The van der Waals surface area contributed by atoms with Crippen LogP contribution in [0.15, 0.2) is 12.4 Å². The lowest BCUT2D eigenvalue weighted by molar-refractivity contribution is -0.117. The number of nitrogens with zero attached hydrogens (tertiary/aromatic N) is 2. The van der Waals surface area contributed by atoms with Gasteiger partial charge in [-0.15, -0.1) is 0 Å². The van der Waals surface area contributed by atoms with Crippen molar-refractivity contribution in [1.82, 2.24) is 9.78 Å². The van der Waals surface area contributed by atoms with Crippen molar-refractivity contribution in [2.75, 3.05) is 0 Å². The number of hydrogen-bond donors (Lipinski definition) is 0.